The molecule has 5 aromatic rings. The topological polar surface area (TPSA) is 21.4 Å². The van der Waals surface area contributed by atoms with Gasteiger partial charge in [0.05, 0.1) is 5.57 Å². The molecule has 5 aromatic carbocycles. The highest BCUT2D eigenvalue weighted by Gasteiger charge is 2.37. The zero-order valence-electron chi connectivity index (χ0n) is 22.9. The summed E-state index contributed by atoms with van der Waals surface area (Å²) in [5.74, 6) is -1.03. The SMILES string of the molecule is [OH+]=C1C=Cc2ccccc2C1=C1C(=P(c2ccc(F)cc2)(c2ccc(F)cc2)c2ccc(F)cc2)C=Cc2ccccc21. The fraction of sp³-hybridized carbons (Fsp3) is 0. The lowest BCUT2D eigenvalue weighted by molar-refractivity contribution is 0.628. The smallest absolute Gasteiger partial charge is 0.273 e. The van der Waals surface area contributed by atoms with E-state index in [2.05, 4.69) is 6.08 Å². The number of benzene rings is 5. The fourth-order valence-corrected chi connectivity index (χ4v) is 10.6. The maximum atomic E-state index is 14.4. The Morgan fingerprint density at radius 1 is 0.419 bits per heavy atom. The lowest BCUT2D eigenvalue weighted by Crippen LogP contribution is -2.32. The lowest BCUT2D eigenvalue weighted by Gasteiger charge is -2.35. The summed E-state index contributed by atoms with van der Waals surface area (Å²) in [5, 5.41) is 3.30. The molecule has 0 unspecified atom stereocenters. The highest BCUT2D eigenvalue weighted by molar-refractivity contribution is 7.96. The Kier molecular flexibility index (Phi) is 6.72. The van der Waals surface area contributed by atoms with Crippen molar-refractivity contribution >= 4 is 57.2 Å². The van der Waals surface area contributed by atoms with Gasteiger partial charge in [-0.3, -0.25) is 4.79 Å². The molecule has 7 rings (SSSR count). The summed E-state index contributed by atoms with van der Waals surface area (Å²) >= 11 is 0. The van der Waals surface area contributed by atoms with Gasteiger partial charge < -0.3 is 0 Å². The Morgan fingerprint density at radius 3 is 1.28 bits per heavy atom. The summed E-state index contributed by atoms with van der Waals surface area (Å²) in [6.45, 7) is -2.98. The molecule has 0 amide bonds. The van der Waals surface area contributed by atoms with E-state index in [1.165, 1.54) is 36.4 Å². The fourth-order valence-electron chi connectivity index (χ4n) is 6.18. The van der Waals surface area contributed by atoms with Crippen molar-refractivity contribution in [2.24, 2.45) is 0 Å². The van der Waals surface area contributed by atoms with Crippen LogP contribution in [-0.4, -0.2) is 15.9 Å². The number of rotatable bonds is 3. The maximum absolute atomic E-state index is 14.4. The van der Waals surface area contributed by atoms with Crippen LogP contribution in [0.5, 0.6) is 0 Å². The number of fused-ring (bicyclic) bond motifs is 2. The minimum atomic E-state index is -2.98. The summed E-state index contributed by atoms with van der Waals surface area (Å²) < 4.78 is 43.3. The molecule has 1 nitrogen and oxygen atoms in total. The van der Waals surface area contributed by atoms with Crippen molar-refractivity contribution in [1.29, 1.82) is 0 Å². The van der Waals surface area contributed by atoms with E-state index in [9.17, 15) is 18.0 Å². The van der Waals surface area contributed by atoms with Crippen molar-refractivity contribution in [3.05, 3.63) is 173 Å². The van der Waals surface area contributed by atoms with Crippen molar-refractivity contribution in [2.45, 2.75) is 0 Å². The third kappa shape index (κ3) is 4.47. The summed E-state index contributed by atoms with van der Waals surface area (Å²) in [5.41, 5.74) is 5.21. The summed E-state index contributed by atoms with van der Waals surface area (Å²) in [7, 11) is 0. The molecule has 2 aliphatic rings. The summed E-state index contributed by atoms with van der Waals surface area (Å²) in [6.07, 6.45) is 7.70. The lowest BCUT2D eigenvalue weighted by atomic mass is 9.81. The van der Waals surface area contributed by atoms with Crippen molar-refractivity contribution in [3.63, 3.8) is 0 Å². The number of ketones is 1. The molecular weight excluding hydrogens is 560 g/mol. The highest BCUT2D eigenvalue weighted by atomic mass is 31.2. The number of allylic oxidation sites excluding steroid dienone is 4. The van der Waals surface area contributed by atoms with Gasteiger partial charge in [0.15, 0.2) is 0 Å². The molecular formula is C38H25F3OP+. The minimum Gasteiger partial charge on any atom is -0.273 e. The first-order valence-corrected chi connectivity index (χ1v) is 15.7. The van der Waals surface area contributed by atoms with Crippen LogP contribution in [0.3, 0.4) is 0 Å². The van der Waals surface area contributed by atoms with Gasteiger partial charge in [0.2, 0.25) is 0 Å². The minimum absolute atomic E-state index is 0.117. The molecule has 5 heteroatoms. The normalized spacial score (nSPS) is 15.8. The molecule has 1 N–H and O–H groups in total. The monoisotopic (exact) mass is 585 g/mol. The maximum Gasteiger partial charge on any atom is 0.348 e. The number of hydrogen-bond acceptors (Lipinski definition) is 0. The van der Waals surface area contributed by atoms with Crippen LogP contribution in [0.25, 0.3) is 23.3 Å². The van der Waals surface area contributed by atoms with E-state index < -0.39 is 6.89 Å². The first kappa shape index (κ1) is 26.9. The van der Waals surface area contributed by atoms with Gasteiger partial charge in [-0.15, -0.1) is 0 Å². The van der Waals surface area contributed by atoms with E-state index in [0.29, 0.717) is 5.57 Å². The van der Waals surface area contributed by atoms with Crippen molar-refractivity contribution in [2.75, 3.05) is 0 Å². The van der Waals surface area contributed by atoms with Crippen molar-refractivity contribution in [1.82, 2.24) is 0 Å². The average Bonchev–Trinajstić information content (AvgIpc) is 3.04. The van der Waals surface area contributed by atoms with E-state index in [0.717, 1.165) is 49.0 Å². The van der Waals surface area contributed by atoms with Crippen molar-refractivity contribution < 1.29 is 18.0 Å². The molecule has 0 radical (unpaired) electrons. The Balaban J connectivity index is 1.77. The van der Waals surface area contributed by atoms with Gasteiger partial charge in [-0.2, -0.15) is 0 Å². The van der Waals surface area contributed by atoms with Gasteiger partial charge in [-0.05, 0) is 92.8 Å². The zero-order valence-corrected chi connectivity index (χ0v) is 23.8. The van der Waals surface area contributed by atoms with Crippen LogP contribution in [-0.2, 0) is 0 Å². The van der Waals surface area contributed by atoms with E-state index >= 15 is 0 Å². The first-order valence-electron chi connectivity index (χ1n) is 13.9. The summed E-state index contributed by atoms with van der Waals surface area (Å²) in [4.78, 5) is 11.6. The molecule has 2 aliphatic carbocycles. The standard InChI is InChI=1S/C38H24F3OP/c39-27-11-17-30(18-12-27)43(31-19-13-28(40)14-20-31,32-21-15-29(41)16-22-32)36-24-10-26-6-2-4-8-34(26)38(36)37-33-7-3-1-5-25(33)9-23-35(37)42/h1-24H/p+1. The third-order valence-electron chi connectivity index (χ3n) is 8.07. The Morgan fingerprint density at radius 2 is 0.814 bits per heavy atom. The first-order chi connectivity index (χ1) is 21.0. The van der Waals surface area contributed by atoms with Crippen LogP contribution >= 0.6 is 6.89 Å². The number of hydrogen-bond donors (Lipinski definition) is 0. The second kappa shape index (κ2) is 10.7. The van der Waals surface area contributed by atoms with Gasteiger partial charge >= 0.3 is 5.78 Å². The molecule has 0 saturated heterocycles. The summed E-state index contributed by atoms with van der Waals surface area (Å²) in [6, 6.07) is 35.0. The van der Waals surface area contributed by atoms with Crippen LogP contribution in [0.2, 0.25) is 0 Å². The van der Waals surface area contributed by atoms with Crippen LogP contribution < -0.4 is 15.9 Å². The van der Waals surface area contributed by atoms with E-state index in [-0.39, 0.29) is 23.2 Å². The van der Waals surface area contributed by atoms with E-state index in [1.807, 2.05) is 60.7 Å². The van der Waals surface area contributed by atoms with Gasteiger partial charge in [0.1, 0.15) is 17.5 Å². The van der Waals surface area contributed by atoms with Crippen molar-refractivity contribution in [3.8, 4) is 0 Å². The Hall–Kier alpha value is -4.92. The molecule has 0 spiro atoms. The highest BCUT2D eigenvalue weighted by Crippen LogP contribution is 2.52. The van der Waals surface area contributed by atoms with E-state index in [1.54, 1.807) is 42.5 Å². The number of carbonyl (C=O) groups excluding carboxylic acids is 1. The van der Waals surface area contributed by atoms with E-state index in [4.69, 9.17) is 0 Å². The van der Waals surface area contributed by atoms with Gasteiger partial charge in [-0.25, -0.2) is 13.2 Å². The molecule has 0 heterocycles. The largest absolute Gasteiger partial charge is 0.348 e. The predicted octanol–water partition coefficient (Wildman–Crippen LogP) is 7.78. The molecule has 0 saturated carbocycles. The average molecular weight is 586 g/mol. The zero-order chi connectivity index (χ0) is 29.6. The second-order valence-corrected chi connectivity index (χ2v) is 13.8. The quantitative estimate of drug-likeness (QED) is 0.117. The van der Waals surface area contributed by atoms with Gasteiger partial charge in [0.25, 0.3) is 0 Å². The predicted molar refractivity (Wildman–Crippen MR) is 175 cm³/mol. The molecule has 0 aliphatic heterocycles. The molecule has 0 fully saturated rings. The van der Waals surface area contributed by atoms with Crippen LogP contribution in [0, 0.1) is 17.5 Å². The molecule has 0 aromatic heterocycles. The van der Waals surface area contributed by atoms with Gasteiger partial charge in [0, 0.05) is 11.6 Å². The molecule has 0 atom stereocenters. The van der Waals surface area contributed by atoms with Crippen LogP contribution in [0.1, 0.15) is 22.3 Å². The third-order valence-corrected chi connectivity index (χ3v) is 12.4. The number of halogens is 3. The molecule has 208 valence electrons. The molecule has 0 bridgehead atoms. The Bertz CT molecular complexity index is 1930. The van der Waals surface area contributed by atoms with Gasteiger partial charge in [-0.1, -0.05) is 97.1 Å². The Labute approximate surface area is 247 Å². The van der Waals surface area contributed by atoms with Crippen LogP contribution in [0.15, 0.2) is 133 Å². The second-order valence-electron chi connectivity index (χ2n) is 10.5. The van der Waals surface area contributed by atoms with Crippen LogP contribution in [0.4, 0.5) is 13.2 Å². The molecule has 43 heavy (non-hydrogen) atoms.